The van der Waals surface area contributed by atoms with E-state index in [-0.39, 0.29) is 13.2 Å². The molecule has 0 atom stereocenters. The number of phosphoric acid groups is 2. The minimum atomic E-state index is -4.43. The van der Waals surface area contributed by atoms with Gasteiger partial charge in [0, 0.05) is 0 Å². The van der Waals surface area contributed by atoms with Gasteiger partial charge in [-0.15, -0.1) is 0 Å². The molecule has 276 valence electrons. The van der Waals surface area contributed by atoms with Crippen LogP contribution in [0.1, 0.15) is 81.1 Å². The lowest BCUT2D eigenvalue weighted by Crippen LogP contribution is -1.93. The van der Waals surface area contributed by atoms with Gasteiger partial charge in [0.15, 0.2) is 0 Å². The average molecular weight is 729 g/mol. The summed E-state index contributed by atoms with van der Waals surface area (Å²) in [5.41, 5.74) is 8.53. The van der Waals surface area contributed by atoms with E-state index in [9.17, 15) is 9.13 Å². The van der Waals surface area contributed by atoms with Crippen LogP contribution in [0.4, 0.5) is 0 Å². The highest BCUT2D eigenvalue weighted by Gasteiger charge is 2.13. The minimum Gasteiger partial charge on any atom is -0.303 e. The summed E-state index contributed by atoms with van der Waals surface area (Å²) < 4.78 is 30.6. The first-order valence-corrected chi connectivity index (χ1v) is 19.5. The molecule has 0 unspecified atom stereocenters. The normalized spacial score (nSPS) is 16.2. The molecule has 0 saturated heterocycles. The standard InChI is InChI=1S/C40H58O8P2/c1-33(19-11-21-35(3)23-13-25-37(5)27-15-29-39(7)31-47-49(41,42)43)17-9-10-18-34(2)20-12-22-36(4)24-14-26-38(6)28-16-30-40(8)32-48-50(44,45)46/h9-14,17-26,29-30H,15-16,27-28,31-32H2,1-8H3,(H2,41,42,43)(H2,44,45,46)/b10-9+,19-11+,20-12+,23-13+,24-14+,33-17+,34-18+,35-21+,36-22+,37-25+,38-26+,39-29+,40-30+. The zero-order valence-corrected chi connectivity index (χ0v) is 32.7. The number of hydrogen-bond donors (Lipinski definition) is 4. The molecule has 0 fully saturated rings. The molecular weight excluding hydrogens is 670 g/mol. The van der Waals surface area contributed by atoms with E-state index in [1.54, 1.807) is 13.8 Å². The van der Waals surface area contributed by atoms with Gasteiger partial charge >= 0.3 is 15.6 Å². The zero-order chi connectivity index (χ0) is 38.0. The molecule has 0 radical (unpaired) electrons. The van der Waals surface area contributed by atoms with Crippen LogP contribution in [-0.4, -0.2) is 32.8 Å². The third kappa shape index (κ3) is 32.1. The second-order valence-electron chi connectivity index (χ2n) is 12.2. The maximum absolute atomic E-state index is 10.8. The lowest BCUT2D eigenvalue weighted by Gasteiger charge is -2.05. The van der Waals surface area contributed by atoms with Crippen molar-refractivity contribution in [2.45, 2.75) is 81.1 Å². The first-order chi connectivity index (χ1) is 23.4. The Morgan fingerprint density at radius 2 is 0.720 bits per heavy atom. The van der Waals surface area contributed by atoms with Crippen molar-refractivity contribution in [2.75, 3.05) is 13.2 Å². The minimum absolute atomic E-state index is 0.0716. The summed E-state index contributed by atoms with van der Waals surface area (Å²) in [5, 5.41) is 0. The maximum atomic E-state index is 10.8. The average Bonchev–Trinajstić information content (AvgIpc) is 3.00. The van der Waals surface area contributed by atoms with Gasteiger partial charge in [-0.1, -0.05) is 154 Å². The molecule has 0 amide bonds. The Labute approximate surface area is 301 Å². The number of phosphoric ester groups is 2. The monoisotopic (exact) mass is 728 g/mol. The fraction of sp³-hybridized carbons (Fsp3) is 0.350. The van der Waals surface area contributed by atoms with Crippen LogP contribution in [-0.2, 0) is 18.2 Å². The second kappa shape index (κ2) is 26.6. The van der Waals surface area contributed by atoms with Crippen molar-refractivity contribution in [1.82, 2.24) is 0 Å². The fourth-order valence-corrected chi connectivity index (χ4v) is 4.56. The van der Waals surface area contributed by atoms with Crippen LogP contribution in [0.2, 0.25) is 0 Å². The van der Waals surface area contributed by atoms with Gasteiger partial charge in [0.25, 0.3) is 0 Å². The summed E-state index contributed by atoms with van der Waals surface area (Å²) in [5.74, 6) is 0. The molecule has 0 saturated carbocycles. The molecule has 0 spiro atoms. The van der Waals surface area contributed by atoms with Crippen LogP contribution in [0.25, 0.3) is 0 Å². The Hall–Kier alpha value is -3.16. The lowest BCUT2D eigenvalue weighted by atomic mass is 10.1. The summed E-state index contributed by atoms with van der Waals surface area (Å²) in [4.78, 5) is 35.1. The third-order valence-corrected chi connectivity index (χ3v) is 7.66. The van der Waals surface area contributed by atoms with Crippen molar-refractivity contribution in [2.24, 2.45) is 0 Å². The smallest absolute Gasteiger partial charge is 0.303 e. The molecule has 10 heteroatoms. The number of rotatable bonds is 22. The summed E-state index contributed by atoms with van der Waals surface area (Å²) in [6, 6.07) is 0. The maximum Gasteiger partial charge on any atom is 0.469 e. The fourth-order valence-electron chi connectivity index (χ4n) is 3.82. The lowest BCUT2D eigenvalue weighted by molar-refractivity contribution is 0.210. The van der Waals surface area contributed by atoms with Gasteiger partial charge in [-0.2, -0.15) is 0 Å². The number of hydrogen-bond acceptors (Lipinski definition) is 4. The molecule has 0 aliphatic heterocycles. The Morgan fingerprint density at radius 1 is 0.440 bits per heavy atom. The van der Waals surface area contributed by atoms with Gasteiger partial charge in [0.2, 0.25) is 0 Å². The quantitative estimate of drug-likeness (QED) is 0.0492. The van der Waals surface area contributed by atoms with Crippen molar-refractivity contribution in [3.05, 3.63) is 154 Å². The SMILES string of the molecule is CC(/C=C/C=C(C)/C=C/C=C(\C)CC/C=C(\C)COP(=O)(O)O)=C\C=C\C=C(C)\C=C\C=C(C)\C=C\C=C(/C)CC/C=C(\C)COP(=O)(O)O. The summed E-state index contributed by atoms with van der Waals surface area (Å²) in [7, 11) is -8.87. The topological polar surface area (TPSA) is 134 Å². The summed E-state index contributed by atoms with van der Waals surface area (Å²) >= 11 is 0. The summed E-state index contributed by atoms with van der Waals surface area (Å²) in [6.07, 6.45) is 39.9. The van der Waals surface area contributed by atoms with Crippen LogP contribution in [0.3, 0.4) is 0 Å². The van der Waals surface area contributed by atoms with Gasteiger partial charge in [-0.05, 0) is 81.1 Å². The van der Waals surface area contributed by atoms with E-state index in [2.05, 4.69) is 97.5 Å². The van der Waals surface area contributed by atoms with E-state index in [0.717, 1.165) is 59.1 Å². The van der Waals surface area contributed by atoms with Crippen LogP contribution >= 0.6 is 15.6 Å². The Kier molecular flexibility index (Phi) is 24.9. The Morgan fingerprint density at radius 3 is 1.02 bits per heavy atom. The van der Waals surface area contributed by atoms with Crippen molar-refractivity contribution < 1.29 is 37.8 Å². The molecule has 8 nitrogen and oxygen atoms in total. The molecule has 0 heterocycles. The molecule has 0 aliphatic carbocycles. The molecule has 4 N–H and O–H groups in total. The van der Waals surface area contributed by atoms with E-state index in [1.165, 1.54) is 11.1 Å². The van der Waals surface area contributed by atoms with Crippen molar-refractivity contribution in [3.63, 3.8) is 0 Å². The molecular formula is C40H58O8P2. The van der Waals surface area contributed by atoms with Crippen LogP contribution in [0, 0.1) is 0 Å². The molecule has 0 aromatic heterocycles. The molecule has 0 aromatic rings. The van der Waals surface area contributed by atoms with Crippen molar-refractivity contribution in [1.29, 1.82) is 0 Å². The Balaban J connectivity index is 4.71. The predicted molar refractivity (Wildman–Crippen MR) is 210 cm³/mol. The first kappa shape index (κ1) is 46.8. The molecule has 0 bridgehead atoms. The largest absolute Gasteiger partial charge is 0.469 e. The third-order valence-electron chi connectivity index (χ3n) is 6.73. The van der Waals surface area contributed by atoms with Crippen LogP contribution in [0.15, 0.2) is 154 Å². The van der Waals surface area contributed by atoms with Gasteiger partial charge in [-0.3, -0.25) is 9.05 Å². The predicted octanol–water partition coefficient (Wildman–Crippen LogP) is 11.1. The highest BCUT2D eigenvalue weighted by atomic mass is 31.2. The molecule has 0 aromatic carbocycles. The van der Waals surface area contributed by atoms with Gasteiger partial charge in [0.1, 0.15) is 0 Å². The first-order valence-electron chi connectivity index (χ1n) is 16.5. The number of allylic oxidation sites excluding steroid dienone is 24. The van der Waals surface area contributed by atoms with E-state index < -0.39 is 15.6 Å². The van der Waals surface area contributed by atoms with Gasteiger partial charge in [0.05, 0.1) is 13.2 Å². The van der Waals surface area contributed by atoms with Crippen molar-refractivity contribution in [3.8, 4) is 0 Å². The second-order valence-corrected chi connectivity index (χ2v) is 14.7. The van der Waals surface area contributed by atoms with Gasteiger partial charge < -0.3 is 19.6 Å². The van der Waals surface area contributed by atoms with Gasteiger partial charge in [-0.25, -0.2) is 9.13 Å². The highest BCUT2D eigenvalue weighted by molar-refractivity contribution is 7.46. The molecule has 50 heavy (non-hydrogen) atoms. The Bertz CT molecular complexity index is 1440. The molecule has 0 rings (SSSR count). The van der Waals surface area contributed by atoms with E-state index in [1.807, 2.05) is 62.5 Å². The van der Waals surface area contributed by atoms with Crippen molar-refractivity contribution >= 4 is 15.6 Å². The van der Waals surface area contributed by atoms with Crippen LogP contribution in [0.5, 0.6) is 0 Å². The highest BCUT2D eigenvalue weighted by Crippen LogP contribution is 2.36. The summed E-state index contributed by atoms with van der Waals surface area (Å²) in [6.45, 7) is 15.8. The zero-order valence-electron chi connectivity index (χ0n) is 31.0. The van der Waals surface area contributed by atoms with Crippen LogP contribution < -0.4 is 0 Å². The van der Waals surface area contributed by atoms with E-state index in [0.29, 0.717) is 0 Å². The van der Waals surface area contributed by atoms with E-state index in [4.69, 9.17) is 19.6 Å². The molecule has 0 aliphatic rings. The van der Waals surface area contributed by atoms with E-state index >= 15 is 0 Å².